The monoisotopic (exact) mass is 608 g/mol. The number of fused-ring (bicyclic) bond motifs is 1. The van der Waals surface area contributed by atoms with Crippen molar-refractivity contribution in [3.8, 4) is 5.75 Å². The number of halogens is 1. The predicted octanol–water partition coefficient (Wildman–Crippen LogP) is 5.75. The molecule has 1 saturated heterocycles. The molecule has 0 bridgehead atoms. The largest absolute Gasteiger partial charge is 0.497 e. The van der Waals surface area contributed by atoms with Crippen LogP contribution >= 0.6 is 23.4 Å². The summed E-state index contributed by atoms with van der Waals surface area (Å²) in [6.07, 6.45) is 1.55. The third-order valence-corrected chi connectivity index (χ3v) is 8.61. The van der Waals surface area contributed by atoms with Crippen LogP contribution in [0, 0.1) is 5.92 Å². The van der Waals surface area contributed by atoms with Gasteiger partial charge in [0.05, 0.1) is 43.4 Å². The number of hydrogen-bond donors (Lipinski definition) is 1. The molecule has 0 saturated carbocycles. The highest BCUT2D eigenvalue weighted by Crippen LogP contribution is 2.45. The Morgan fingerprint density at radius 3 is 2.67 bits per heavy atom. The second-order valence-electron chi connectivity index (χ2n) is 10.2. The van der Waals surface area contributed by atoms with E-state index in [4.69, 9.17) is 26.1 Å². The second kappa shape index (κ2) is 13.0. The van der Waals surface area contributed by atoms with Crippen molar-refractivity contribution >= 4 is 52.0 Å². The topological polar surface area (TPSA) is 101 Å². The smallest absolute Gasteiger partial charge is 0.310 e. The number of thioether (sulfide) groups is 1. The van der Waals surface area contributed by atoms with Gasteiger partial charge in [0.15, 0.2) is 5.17 Å². The number of benzene rings is 2. The molecule has 11 heteroatoms. The Hall–Kier alpha value is -3.76. The number of amidine groups is 1. The van der Waals surface area contributed by atoms with Gasteiger partial charge < -0.3 is 24.6 Å². The van der Waals surface area contributed by atoms with E-state index in [9.17, 15) is 14.4 Å². The van der Waals surface area contributed by atoms with E-state index in [0.29, 0.717) is 59.0 Å². The minimum absolute atomic E-state index is 0.0857. The number of piperidine rings is 1. The summed E-state index contributed by atoms with van der Waals surface area (Å²) in [7, 11) is 1.59. The molecule has 220 valence electrons. The first-order valence-electron chi connectivity index (χ1n) is 13.9. The van der Waals surface area contributed by atoms with Crippen LogP contribution < -0.4 is 10.1 Å². The van der Waals surface area contributed by atoms with Gasteiger partial charge in [0.25, 0.3) is 5.91 Å². The van der Waals surface area contributed by atoms with E-state index >= 15 is 0 Å². The summed E-state index contributed by atoms with van der Waals surface area (Å²) >= 11 is 7.84. The summed E-state index contributed by atoms with van der Waals surface area (Å²) in [6, 6.07) is 13.9. The van der Waals surface area contributed by atoms with Crippen molar-refractivity contribution in [1.29, 1.82) is 0 Å². The highest BCUT2D eigenvalue weighted by atomic mass is 35.5. The van der Waals surface area contributed by atoms with Crippen LogP contribution in [0.5, 0.6) is 5.75 Å². The molecule has 1 N–H and O–H groups in total. The zero-order valence-electron chi connectivity index (χ0n) is 23.8. The van der Waals surface area contributed by atoms with Gasteiger partial charge in [-0.15, -0.1) is 0 Å². The number of amides is 2. The second-order valence-corrected chi connectivity index (χ2v) is 11.5. The number of rotatable bonds is 8. The van der Waals surface area contributed by atoms with Crippen LogP contribution in [0.3, 0.4) is 0 Å². The van der Waals surface area contributed by atoms with Crippen LogP contribution in [-0.2, 0) is 19.1 Å². The first-order chi connectivity index (χ1) is 20.3. The Morgan fingerprint density at radius 2 is 1.95 bits per heavy atom. The van der Waals surface area contributed by atoms with Gasteiger partial charge >= 0.3 is 5.97 Å². The van der Waals surface area contributed by atoms with E-state index in [1.165, 1.54) is 11.8 Å². The van der Waals surface area contributed by atoms with Crippen molar-refractivity contribution in [2.75, 3.05) is 32.1 Å². The lowest BCUT2D eigenvalue weighted by Gasteiger charge is -2.37. The Kier molecular flexibility index (Phi) is 9.23. The van der Waals surface area contributed by atoms with Gasteiger partial charge in [-0.05, 0) is 74.1 Å². The lowest BCUT2D eigenvalue weighted by atomic mass is 9.93. The van der Waals surface area contributed by atoms with Gasteiger partial charge in [0.2, 0.25) is 5.91 Å². The van der Waals surface area contributed by atoms with Crippen molar-refractivity contribution in [3.63, 3.8) is 0 Å². The van der Waals surface area contributed by atoms with Crippen LogP contribution in [0.25, 0.3) is 0 Å². The van der Waals surface area contributed by atoms with Crippen LogP contribution in [0.15, 0.2) is 75.9 Å². The van der Waals surface area contributed by atoms with Crippen molar-refractivity contribution < 1.29 is 23.9 Å². The van der Waals surface area contributed by atoms with Crippen molar-refractivity contribution in [2.45, 2.75) is 39.2 Å². The Bertz CT molecular complexity index is 1470. The van der Waals surface area contributed by atoms with E-state index in [1.54, 1.807) is 49.3 Å². The molecular weight excluding hydrogens is 576 g/mol. The van der Waals surface area contributed by atoms with Gasteiger partial charge in [-0.3, -0.25) is 14.4 Å². The van der Waals surface area contributed by atoms with Crippen molar-refractivity contribution in [1.82, 2.24) is 9.80 Å². The lowest BCUT2D eigenvalue weighted by Crippen LogP contribution is -2.44. The molecular formula is C31H33ClN4O5S. The lowest BCUT2D eigenvalue weighted by molar-refractivity contribution is -0.151. The van der Waals surface area contributed by atoms with Crippen LogP contribution in [0.1, 0.15) is 44.7 Å². The number of esters is 1. The van der Waals surface area contributed by atoms with Crippen LogP contribution in [0.2, 0.25) is 5.02 Å². The number of hydrogen-bond acceptors (Lipinski definition) is 8. The average molecular weight is 609 g/mol. The molecule has 0 aromatic heterocycles. The fourth-order valence-electron chi connectivity index (χ4n) is 5.45. The number of ether oxygens (including phenoxy) is 2. The molecule has 9 nitrogen and oxygen atoms in total. The number of likely N-dealkylation sites (tertiary alicyclic amines) is 1. The maximum atomic E-state index is 13.8. The van der Waals surface area contributed by atoms with E-state index in [-0.39, 0.29) is 30.1 Å². The highest BCUT2D eigenvalue weighted by molar-refractivity contribution is 8.16. The zero-order chi connectivity index (χ0) is 29.8. The van der Waals surface area contributed by atoms with Crippen molar-refractivity contribution in [2.24, 2.45) is 10.9 Å². The molecule has 2 amide bonds. The first kappa shape index (κ1) is 29.7. The van der Waals surface area contributed by atoms with Gasteiger partial charge in [-0.25, -0.2) is 4.99 Å². The molecule has 3 heterocycles. The fraction of sp³-hybridized carbons (Fsp3) is 0.355. The number of allylic oxidation sites excluding steroid dienone is 1. The number of nitrogens with one attached hydrogen (secondary N) is 1. The quantitative estimate of drug-likeness (QED) is 0.381. The number of methoxy groups -OCH3 is 1. The van der Waals surface area contributed by atoms with E-state index in [1.807, 2.05) is 35.4 Å². The molecule has 1 fully saturated rings. The Balaban J connectivity index is 1.42. The number of anilines is 1. The first-order valence-corrected chi connectivity index (χ1v) is 15.1. The van der Waals surface area contributed by atoms with E-state index in [2.05, 4.69) is 5.32 Å². The van der Waals surface area contributed by atoms with Crippen LogP contribution in [-0.4, -0.2) is 59.6 Å². The predicted molar refractivity (Wildman–Crippen MR) is 164 cm³/mol. The molecule has 2 aromatic carbocycles. The SMILES string of the molecule is CCOC(=O)[C@H]1CCCN(C(=O)CC2=CSC3=NC(C)=C(C(=O)Nc4ccc(OC)cc4)[C@H](c4cccc(Cl)c4)N23)C1. The Morgan fingerprint density at radius 1 is 1.17 bits per heavy atom. The molecule has 3 aliphatic rings. The molecule has 0 spiro atoms. The number of carbonyl (C=O) groups excluding carboxylic acids is 3. The summed E-state index contributed by atoms with van der Waals surface area (Å²) in [6.45, 7) is 4.84. The van der Waals surface area contributed by atoms with Gasteiger partial charge in [-0.1, -0.05) is 35.5 Å². The van der Waals surface area contributed by atoms with E-state index in [0.717, 1.165) is 17.7 Å². The maximum absolute atomic E-state index is 13.8. The number of carbonyl (C=O) groups is 3. The molecule has 2 atom stereocenters. The van der Waals surface area contributed by atoms with Crippen LogP contribution in [0.4, 0.5) is 5.69 Å². The minimum Gasteiger partial charge on any atom is -0.497 e. The molecule has 0 unspecified atom stereocenters. The van der Waals surface area contributed by atoms with Gasteiger partial charge in [0, 0.05) is 29.5 Å². The number of aliphatic imine (C=N–C) groups is 1. The normalized spacial score (nSPS) is 20.0. The average Bonchev–Trinajstić information content (AvgIpc) is 3.38. The zero-order valence-corrected chi connectivity index (χ0v) is 25.3. The van der Waals surface area contributed by atoms with Gasteiger partial charge in [0.1, 0.15) is 5.75 Å². The molecule has 5 rings (SSSR count). The van der Waals surface area contributed by atoms with Gasteiger partial charge in [-0.2, -0.15) is 0 Å². The van der Waals surface area contributed by atoms with Crippen molar-refractivity contribution in [3.05, 3.63) is 81.5 Å². The molecule has 0 radical (unpaired) electrons. The fourth-order valence-corrected chi connectivity index (χ4v) is 6.61. The molecule has 0 aliphatic carbocycles. The summed E-state index contributed by atoms with van der Waals surface area (Å²) in [4.78, 5) is 48.2. The van der Waals surface area contributed by atoms with E-state index < -0.39 is 6.04 Å². The highest BCUT2D eigenvalue weighted by Gasteiger charge is 2.41. The molecule has 42 heavy (non-hydrogen) atoms. The standard InChI is InChI=1S/C31H33ClN4O5S/c1-4-41-30(39)21-8-6-14-35(17-21)26(37)16-24-18-42-31-33-19(2)27(28(36(24)31)20-7-5-9-22(32)15-20)29(38)34-23-10-12-25(40-3)13-11-23/h5,7,9-13,15,18,21,28H,4,6,8,14,16-17H2,1-3H3,(H,34,38)/t21-,28-/m0/s1. The summed E-state index contributed by atoms with van der Waals surface area (Å²) in [5, 5.41) is 6.13. The minimum atomic E-state index is -0.558. The summed E-state index contributed by atoms with van der Waals surface area (Å²) < 4.78 is 10.4. The molecule has 3 aliphatic heterocycles. The third-order valence-electron chi connectivity index (χ3n) is 7.48. The third kappa shape index (κ3) is 6.34. The molecule has 2 aromatic rings. The Labute approximate surface area is 254 Å². The maximum Gasteiger partial charge on any atom is 0.310 e. The summed E-state index contributed by atoms with van der Waals surface area (Å²) in [5.41, 5.74) is 3.19. The number of nitrogens with zero attached hydrogens (tertiary/aromatic N) is 3. The summed E-state index contributed by atoms with van der Waals surface area (Å²) in [5.74, 6) is -0.285.